The van der Waals surface area contributed by atoms with Crippen molar-refractivity contribution in [2.45, 2.75) is 139 Å². The normalized spacial score (nSPS) is 46.0. The van der Waals surface area contributed by atoms with E-state index in [0.29, 0.717) is 19.3 Å². The highest BCUT2D eigenvalue weighted by atomic mass is 16.6. The van der Waals surface area contributed by atoms with Gasteiger partial charge in [-0.2, -0.15) is 0 Å². The SMILES string of the molecule is CC(C)=CC(=O)OC[C@]1(C)C2CC[C@]3(C)C(CC=C4C5CC(C)(C)[C@@H](O)[C@H](OC(=O)C=C(C)C)[C@]5(CO)[C@H](O)C[C@]43C)[C@@]2(C)CC[C@@H]1O. The second kappa shape index (κ2) is 12.3. The fourth-order valence-corrected chi connectivity index (χ4v) is 11.9. The summed E-state index contributed by atoms with van der Waals surface area (Å²) in [5.74, 6) is -0.857. The molecule has 4 N–H and O–H groups in total. The van der Waals surface area contributed by atoms with Crippen molar-refractivity contribution >= 4 is 11.9 Å². The van der Waals surface area contributed by atoms with Gasteiger partial charge in [0.25, 0.3) is 0 Å². The monoisotopic (exact) mass is 670 g/mol. The molecule has 12 atom stereocenters. The lowest BCUT2D eigenvalue weighted by molar-refractivity contribution is -0.263. The molecule has 0 bridgehead atoms. The second-order valence-electron chi connectivity index (χ2n) is 18.4. The Morgan fingerprint density at radius 1 is 0.854 bits per heavy atom. The number of carbonyl (C=O) groups excluding carboxylic acids is 2. The van der Waals surface area contributed by atoms with Gasteiger partial charge in [-0.05, 0) is 112 Å². The average molecular weight is 671 g/mol. The van der Waals surface area contributed by atoms with Crippen LogP contribution in [0.4, 0.5) is 0 Å². The predicted octanol–water partition coefficient (Wildman–Crippen LogP) is 6.06. The smallest absolute Gasteiger partial charge is 0.331 e. The van der Waals surface area contributed by atoms with Gasteiger partial charge < -0.3 is 29.9 Å². The van der Waals surface area contributed by atoms with Gasteiger partial charge in [0.15, 0.2) is 0 Å². The van der Waals surface area contributed by atoms with Gasteiger partial charge in [0.05, 0.1) is 36.9 Å². The molecule has 0 saturated heterocycles. The number of rotatable bonds is 6. The van der Waals surface area contributed by atoms with E-state index in [1.807, 2.05) is 27.7 Å². The molecule has 5 rings (SSSR count). The third-order valence-corrected chi connectivity index (χ3v) is 14.7. The van der Waals surface area contributed by atoms with Crippen molar-refractivity contribution in [2.24, 2.45) is 50.2 Å². The molecule has 0 spiro atoms. The quantitative estimate of drug-likeness (QED) is 0.152. The van der Waals surface area contributed by atoms with E-state index in [2.05, 4.69) is 33.8 Å². The van der Waals surface area contributed by atoms with Crippen LogP contribution in [-0.4, -0.2) is 70.0 Å². The topological polar surface area (TPSA) is 134 Å². The molecular weight excluding hydrogens is 608 g/mol. The van der Waals surface area contributed by atoms with E-state index in [1.54, 1.807) is 13.8 Å². The van der Waals surface area contributed by atoms with Crippen LogP contribution in [0.15, 0.2) is 34.9 Å². The highest BCUT2D eigenvalue weighted by Gasteiger charge is 2.73. The molecule has 8 heteroatoms. The molecule has 0 radical (unpaired) electrons. The molecule has 4 saturated carbocycles. The van der Waals surface area contributed by atoms with Gasteiger partial charge in [0.1, 0.15) is 6.10 Å². The number of allylic oxidation sites excluding steroid dienone is 4. The molecule has 0 amide bonds. The maximum atomic E-state index is 13.0. The molecule has 3 unspecified atom stereocenters. The lowest BCUT2D eigenvalue weighted by Gasteiger charge is -2.72. The van der Waals surface area contributed by atoms with Crippen LogP contribution in [0.2, 0.25) is 0 Å². The number of ether oxygens (including phenoxy) is 2. The summed E-state index contributed by atoms with van der Waals surface area (Å²) in [4.78, 5) is 25.6. The highest BCUT2D eigenvalue weighted by Crippen LogP contribution is 2.75. The summed E-state index contributed by atoms with van der Waals surface area (Å²) < 4.78 is 11.8. The molecule has 0 heterocycles. The third kappa shape index (κ3) is 5.38. The summed E-state index contributed by atoms with van der Waals surface area (Å²) in [6.07, 6.45) is 6.52. The molecule has 48 heavy (non-hydrogen) atoms. The summed E-state index contributed by atoms with van der Waals surface area (Å²) in [6, 6.07) is 0. The summed E-state index contributed by atoms with van der Waals surface area (Å²) in [5.41, 5.74) is -0.374. The van der Waals surface area contributed by atoms with E-state index in [1.165, 1.54) is 17.7 Å². The van der Waals surface area contributed by atoms with E-state index in [-0.39, 0.29) is 41.2 Å². The van der Waals surface area contributed by atoms with Crippen LogP contribution in [-0.2, 0) is 19.1 Å². The maximum absolute atomic E-state index is 13.0. The van der Waals surface area contributed by atoms with Crippen LogP contribution in [0.25, 0.3) is 0 Å². The van der Waals surface area contributed by atoms with Gasteiger partial charge in [-0.25, -0.2) is 9.59 Å². The van der Waals surface area contributed by atoms with E-state index in [9.17, 15) is 30.0 Å². The van der Waals surface area contributed by atoms with Crippen LogP contribution in [0.3, 0.4) is 0 Å². The van der Waals surface area contributed by atoms with Crippen molar-refractivity contribution in [2.75, 3.05) is 13.2 Å². The van der Waals surface area contributed by atoms with Gasteiger partial charge in [0, 0.05) is 17.6 Å². The Morgan fingerprint density at radius 3 is 2.08 bits per heavy atom. The first-order chi connectivity index (χ1) is 22.1. The molecular formula is C40H62O8. The van der Waals surface area contributed by atoms with Crippen LogP contribution in [0.5, 0.6) is 0 Å². The van der Waals surface area contributed by atoms with Crippen LogP contribution < -0.4 is 0 Å². The Balaban J connectivity index is 1.56. The average Bonchev–Trinajstić information content (AvgIpc) is 2.96. The summed E-state index contributed by atoms with van der Waals surface area (Å²) in [6.45, 7) is 20.2. The molecule has 8 nitrogen and oxygen atoms in total. The zero-order chi connectivity index (χ0) is 35.8. The minimum Gasteiger partial charge on any atom is -0.462 e. The van der Waals surface area contributed by atoms with E-state index < -0.39 is 58.7 Å². The summed E-state index contributed by atoms with van der Waals surface area (Å²) >= 11 is 0. The minimum absolute atomic E-state index is 0.137. The van der Waals surface area contributed by atoms with Crippen molar-refractivity contribution < 1.29 is 39.5 Å². The number of fused-ring (bicyclic) bond motifs is 7. The Kier molecular flexibility index (Phi) is 9.58. The van der Waals surface area contributed by atoms with Crippen LogP contribution >= 0.6 is 0 Å². The summed E-state index contributed by atoms with van der Waals surface area (Å²) in [5, 5.41) is 46.7. The molecule has 5 aliphatic rings. The largest absolute Gasteiger partial charge is 0.462 e. The standard InChI is InChI=1S/C40H62O8/c1-23(2)17-31(44)47-22-37(8)27-13-16-38(9)28(36(27,7)15-14-29(37)42)12-11-25-26-19-35(5,6)33(46)34(48-32(45)18-24(3)4)40(26,21-41)30(43)20-39(25,38)10/h11,17-18,26-30,33-34,41-43,46H,12-16,19-22H2,1-10H3/t26?,27?,28?,29-,30+,33-,34-,36-,37+,38+,39+,40-/m0/s1. The van der Waals surface area contributed by atoms with Crippen molar-refractivity contribution in [1.29, 1.82) is 0 Å². The molecule has 0 aromatic rings. The van der Waals surface area contributed by atoms with Crippen molar-refractivity contribution in [3.63, 3.8) is 0 Å². The third-order valence-electron chi connectivity index (χ3n) is 14.7. The number of carbonyl (C=O) groups is 2. The van der Waals surface area contributed by atoms with Crippen molar-refractivity contribution in [3.05, 3.63) is 34.9 Å². The first-order valence-corrected chi connectivity index (χ1v) is 18.2. The lowest BCUT2D eigenvalue weighted by Crippen LogP contribution is -2.72. The van der Waals surface area contributed by atoms with Crippen LogP contribution in [0.1, 0.15) is 114 Å². The summed E-state index contributed by atoms with van der Waals surface area (Å²) in [7, 11) is 0. The number of aliphatic hydroxyl groups excluding tert-OH is 4. The Morgan fingerprint density at radius 2 is 1.48 bits per heavy atom. The van der Waals surface area contributed by atoms with Crippen molar-refractivity contribution in [3.8, 4) is 0 Å². The van der Waals surface area contributed by atoms with Gasteiger partial charge in [0.2, 0.25) is 0 Å². The van der Waals surface area contributed by atoms with E-state index in [0.717, 1.165) is 36.8 Å². The number of hydrogen-bond donors (Lipinski definition) is 4. The number of hydrogen-bond acceptors (Lipinski definition) is 8. The Hall–Kier alpha value is -2.00. The van der Waals surface area contributed by atoms with Gasteiger partial charge in [-0.3, -0.25) is 0 Å². The molecule has 0 aliphatic heterocycles. The molecule has 0 aromatic carbocycles. The van der Waals surface area contributed by atoms with Crippen LogP contribution in [0, 0.1) is 50.2 Å². The Bertz CT molecular complexity index is 1390. The zero-order valence-electron chi connectivity index (χ0n) is 31.1. The highest BCUT2D eigenvalue weighted by molar-refractivity contribution is 5.83. The fourth-order valence-electron chi connectivity index (χ4n) is 11.9. The van der Waals surface area contributed by atoms with E-state index >= 15 is 0 Å². The van der Waals surface area contributed by atoms with Gasteiger partial charge >= 0.3 is 11.9 Å². The molecule has 270 valence electrons. The predicted molar refractivity (Wildman–Crippen MR) is 184 cm³/mol. The maximum Gasteiger partial charge on any atom is 0.331 e. The fraction of sp³-hybridized carbons (Fsp3) is 0.800. The zero-order valence-corrected chi connectivity index (χ0v) is 31.1. The van der Waals surface area contributed by atoms with E-state index in [4.69, 9.17) is 9.47 Å². The first-order valence-electron chi connectivity index (χ1n) is 18.2. The van der Waals surface area contributed by atoms with Gasteiger partial charge in [-0.15, -0.1) is 0 Å². The Labute approximate surface area is 288 Å². The molecule has 4 fully saturated rings. The first kappa shape index (κ1) is 37.3. The number of aliphatic hydroxyl groups is 4. The molecule has 0 aromatic heterocycles. The minimum atomic E-state index is -1.24. The molecule has 5 aliphatic carbocycles. The van der Waals surface area contributed by atoms with Crippen molar-refractivity contribution in [1.82, 2.24) is 0 Å². The number of esters is 2. The second-order valence-corrected chi connectivity index (χ2v) is 18.4. The lowest BCUT2D eigenvalue weighted by atomic mass is 9.33. The van der Waals surface area contributed by atoms with Gasteiger partial charge in [-0.1, -0.05) is 64.3 Å².